The molecule has 1 aromatic heterocycles. The van der Waals surface area contributed by atoms with Crippen LogP contribution in [0.5, 0.6) is 0 Å². The normalized spacial score (nSPS) is 12.5. The third-order valence-corrected chi connectivity index (χ3v) is 3.88. The van der Waals surface area contributed by atoms with E-state index in [1.54, 1.807) is 7.11 Å². The second kappa shape index (κ2) is 8.70. The zero-order valence-corrected chi connectivity index (χ0v) is 14.6. The second-order valence-corrected chi connectivity index (χ2v) is 6.38. The third-order valence-electron chi connectivity index (χ3n) is 3.88. The molecule has 1 heterocycles. The number of methoxy groups -OCH3 is 1. The van der Waals surface area contributed by atoms with E-state index in [1.807, 2.05) is 30.5 Å². The first-order valence-corrected chi connectivity index (χ1v) is 8.29. The van der Waals surface area contributed by atoms with Crippen molar-refractivity contribution in [2.75, 3.05) is 25.6 Å². The molecule has 0 aliphatic carbocycles. The molecule has 24 heavy (non-hydrogen) atoms. The van der Waals surface area contributed by atoms with Gasteiger partial charge in [-0.15, -0.1) is 0 Å². The summed E-state index contributed by atoms with van der Waals surface area (Å²) in [7, 11) is 1.69. The van der Waals surface area contributed by atoms with E-state index in [1.165, 1.54) is 0 Å². The van der Waals surface area contributed by atoms with E-state index in [9.17, 15) is 9.90 Å². The number of aromatic nitrogens is 1. The minimum absolute atomic E-state index is 0.0625. The van der Waals surface area contributed by atoms with Crippen molar-refractivity contribution in [2.45, 2.75) is 32.9 Å². The summed E-state index contributed by atoms with van der Waals surface area (Å²) in [6.45, 7) is 5.51. The summed E-state index contributed by atoms with van der Waals surface area (Å²) >= 11 is 0. The molecule has 132 valence electrons. The maximum Gasteiger partial charge on any atom is 0.319 e. The summed E-state index contributed by atoms with van der Waals surface area (Å²) in [5, 5.41) is 16.0. The fourth-order valence-electron chi connectivity index (χ4n) is 2.76. The number of aliphatic hydroxyl groups excluding tert-OH is 1. The van der Waals surface area contributed by atoms with Crippen LogP contribution in [-0.4, -0.2) is 42.1 Å². The van der Waals surface area contributed by atoms with Gasteiger partial charge in [0.1, 0.15) is 0 Å². The number of ether oxygens (including phenoxy) is 1. The van der Waals surface area contributed by atoms with E-state index in [2.05, 4.69) is 29.0 Å². The van der Waals surface area contributed by atoms with Crippen molar-refractivity contribution in [3.63, 3.8) is 0 Å². The standard InChI is InChI=1S/C18H27N3O3/c1-13(2)10-16(12-22)20-18(23)19-15-4-5-17-14(11-15)6-7-21(17)8-9-24-3/h4-7,11,13,16,22H,8-10,12H2,1-3H3,(H2,19,20,23)/t16-/m0/s1. The molecule has 6 nitrogen and oxygen atoms in total. The fraction of sp³-hybridized carbons (Fsp3) is 0.500. The molecule has 0 radical (unpaired) electrons. The summed E-state index contributed by atoms with van der Waals surface area (Å²) in [4.78, 5) is 12.1. The molecule has 2 aromatic rings. The molecule has 0 aliphatic heterocycles. The van der Waals surface area contributed by atoms with Gasteiger partial charge in [0.05, 0.1) is 19.3 Å². The topological polar surface area (TPSA) is 75.5 Å². The van der Waals surface area contributed by atoms with Gasteiger partial charge in [-0.05, 0) is 36.6 Å². The fourth-order valence-corrected chi connectivity index (χ4v) is 2.76. The minimum atomic E-state index is -0.298. The maximum absolute atomic E-state index is 12.1. The highest BCUT2D eigenvalue weighted by molar-refractivity contribution is 5.93. The Morgan fingerprint density at radius 2 is 2.12 bits per heavy atom. The summed E-state index contributed by atoms with van der Waals surface area (Å²) in [5.41, 5.74) is 1.83. The predicted molar refractivity (Wildman–Crippen MR) is 96.3 cm³/mol. The number of carbonyl (C=O) groups is 1. The molecule has 6 heteroatoms. The molecule has 0 saturated carbocycles. The van der Waals surface area contributed by atoms with Crippen LogP contribution in [0.4, 0.5) is 10.5 Å². The van der Waals surface area contributed by atoms with Gasteiger partial charge in [0.25, 0.3) is 0 Å². The Morgan fingerprint density at radius 1 is 1.33 bits per heavy atom. The molecule has 0 bridgehead atoms. The number of hydrogen-bond donors (Lipinski definition) is 3. The lowest BCUT2D eigenvalue weighted by atomic mass is 10.0. The van der Waals surface area contributed by atoms with Crippen molar-refractivity contribution < 1.29 is 14.6 Å². The van der Waals surface area contributed by atoms with Crippen LogP contribution in [0.25, 0.3) is 10.9 Å². The maximum atomic E-state index is 12.1. The zero-order valence-electron chi connectivity index (χ0n) is 14.6. The van der Waals surface area contributed by atoms with Gasteiger partial charge >= 0.3 is 6.03 Å². The summed E-state index contributed by atoms with van der Waals surface area (Å²) in [6.07, 6.45) is 2.75. The SMILES string of the molecule is COCCn1ccc2cc(NC(=O)N[C@H](CO)CC(C)C)ccc21. The van der Waals surface area contributed by atoms with Crippen LogP contribution in [0.15, 0.2) is 30.5 Å². The Morgan fingerprint density at radius 3 is 2.79 bits per heavy atom. The van der Waals surface area contributed by atoms with Crippen LogP contribution in [0, 0.1) is 5.92 Å². The van der Waals surface area contributed by atoms with Gasteiger partial charge in [0, 0.05) is 36.4 Å². The molecule has 0 saturated heterocycles. The number of nitrogens with one attached hydrogen (secondary N) is 2. The molecule has 0 spiro atoms. The molecule has 1 atom stereocenters. The zero-order chi connectivity index (χ0) is 17.5. The molecule has 3 N–H and O–H groups in total. The van der Waals surface area contributed by atoms with E-state index >= 15 is 0 Å². The lowest BCUT2D eigenvalue weighted by Crippen LogP contribution is -2.40. The van der Waals surface area contributed by atoms with Gasteiger partial charge in [-0.2, -0.15) is 0 Å². The Labute approximate surface area is 142 Å². The average Bonchev–Trinajstić information content (AvgIpc) is 2.94. The first kappa shape index (κ1) is 18.3. The number of urea groups is 1. The summed E-state index contributed by atoms with van der Waals surface area (Å²) in [5.74, 6) is 0.408. The van der Waals surface area contributed by atoms with Crippen LogP contribution >= 0.6 is 0 Å². The largest absolute Gasteiger partial charge is 0.394 e. The van der Waals surface area contributed by atoms with Gasteiger partial charge < -0.3 is 25.0 Å². The Hall–Kier alpha value is -2.05. The lowest BCUT2D eigenvalue weighted by Gasteiger charge is -2.18. The highest BCUT2D eigenvalue weighted by Crippen LogP contribution is 2.20. The quantitative estimate of drug-likeness (QED) is 0.695. The van der Waals surface area contributed by atoms with Gasteiger partial charge in [0.15, 0.2) is 0 Å². The number of anilines is 1. The lowest BCUT2D eigenvalue weighted by molar-refractivity contribution is 0.188. The van der Waals surface area contributed by atoms with E-state index in [4.69, 9.17) is 4.74 Å². The number of rotatable bonds is 8. The molecular formula is C18H27N3O3. The Bertz CT molecular complexity index is 667. The number of fused-ring (bicyclic) bond motifs is 1. The molecule has 0 aliphatic rings. The monoisotopic (exact) mass is 333 g/mol. The Kier molecular flexibility index (Phi) is 6.63. The summed E-state index contributed by atoms with van der Waals surface area (Å²) in [6, 6.07) is 7.29. The van der Waals surface area contributed by atoms with Gasteiger partial charge in [-0.25, -0.2) is 4.79 Å². The second-order valence-electron chi connectivity index (χ2n) is 6.38. The van der Waals surface area contributed by atoms with Crippen molar-refractivity contribution in [3.8, 4) is 0 Å². The molecule has 2 rings (SSSR count). The molecule has 0 fully saturated rings. The predicted octanol–water partition coefficient (Wildman–Crippen LogP) is 2.82. The van der Waals surface area contributed by atoms with Crippen molar-refractivity contribution in [1.29, 1.82) is 0 Å². The van der Waals surface area contributed by atoms with Gasteiger partial charge in [0.2, 0.25) is 0 Å². The van der Waals surface area contributed by atoms with Crippen molar-refractivity contribution in [1.82, 2.24) is 9.88 Å². The number of carbonyl (C=O) groups excluding carboxylic acids is 1. The number of hydrogen-bond acceptors (Lipinski definition) is 3. The van der Waals surface area contributed by atoms with Crippen LogP contribution in [-0.2, 0) is 11.3 Å². The van der Waals surface area contributed by atoms with E-state index in [0.29, 0.717) is 12.5 Å². The van der Waals surface area contributed by atoms with Crippen LogP contribution < -0.4 is 10.6 Å². The number of nitrogens with zero attached hydrogens (tertiary/aromatic N) is 1. The van der Waals surface area contributed by atoms with E-state index in [-0.39, 0.29) is 18.7 Å². The first-order chi connectivity index (χ1) is 11.5. The number of amides is 2. The molecule has 1 aromatic carbocycles. The Balaban J connectivity index is 2.00. The van der Waals surface area contributed by atoms with Crippen LogP contribution in [0.3, 0.4) is 0 Å². The van der Waals surface area contributed by atoms with Crippen molar-refractivity contribution in [3.05, 3.63) is 30.5 Å². The average molecular weight is 333 g/mol. The van der Waals surface area contributed by atoms with Crippen LogP contribution in [0.2, 0.25) is 0 Å². The number of aliphatic hydroxyl groups is 1. The van der Waals surface area contributed by atoms with Gasteiger partial charge in [-0.1, -0.05) is 13.8 Å². The highest BCUT2D eigenvalue weighted by atomic mass is 16.5. The van der Waals surface area contributed by atoms with E-state index in [0.717, 1.165) is 29.6 Å². The first-order valence-electron chi connectivity index (χ1n) is 8.29. The van der Waals surface area contributed by atoms with Gasteiger partial charge in [-0.3, -0.25) is 0 Å². The minimum Gasteiger partial charge on any atom is -0.394 e. The summed E-state index contributed by atoms with van der Waals surface area (Å²) < 4.78 is 7.23. The van der Waals surface area contributed by atoms with Crippen LogP contribution in [0.1, 0.15) is 20.3 Å². The van der Waals surface area contributed by atoms with Crippen molar-refractivity contribution >= 4 is 22.6 Å². The molecule has 2 amide bonds. The molecule has 0 unspecified atom stereocenters. The van der Waals surface area contributed by atoms with E-state index < -0.39 is 0 Å². The number of benzene rings is 1. The smallest absolute Gasteiger partial charge is 0.319 e. The third kappa shape index (κ3) is 4.97. The highest BCUT2D eigenvalue weighted by Gasteiger charge is 2.13. The molecular weight excluding hydrogens is 306 g/mol. The van der Waals surface area contributed by atoms with Crippen molar-refractivity contribution in [2.24, 2.45) is 5.92 Å².